The number of fused-ring (bicyclic) bond motifs is 2. The highest BCUT2D eigenvalue weighted by atomic mass is 32.2. The van der Waals surface area contributed by atoms with Crippen LogP contribution in [-0.2, 0) is 21.2 Å². The van der Waals surface area contributed by atoms with Crippen LogP contribution in [0.15, 0.2) is 29.4 Å². The van der Waals surface area contributed by atoms with Crippen molar-refractivity contribution in [1.29, 1.82) is 0 Å². The van der Waals surface area contributed by atoms with E-state index in [1.54, 1.807) is 23.1 Å². The Morgan fingerprint density at radius 2 is 2.05 bits per heavy atom. The van der Waals surface area contributed by atoms with Gasteiger partial charge in [-0.1, -0.05) is 30.3 Å². The number of amides is 1. The van der Waals surface area contributed by atoms with Gasteiger partial charge in [-0.15, -0.1) is 10.2 Å². The topological polar surface area (TPSA) is 94.4 Å². The van der Waals surface area contributed by atoms with Crippen molar-refractivity contribution in [2.24, 2.45) is 17.8 Å². The van der Waals surface area contributed by atoms with Crippen LogP contribution >= 0.6 is 11.8 Å². The molecule has 0 unspecified atom stereocenters. The molecule has 5 atom stereocenters. The highest BCUT2D eigenvalue weighted by Gasteiger charge is 2.43. The first-order chi connectivity index (χ1) is 17.8. The zero-order valence-corrected chi connectivity index (χ0v) is 23.0. The molecule has 37 heavy (non-hydrogen) atoms. The Morgan fingerprint density at radius 1 is 1.24 bits per heavy atom. The minimum Gasteiger partial charge on any atom is -0.483 e. The first-order valence-electron chi connectivity index (χ1n) is 13.2. The van der Waals surface area contributed by atoms with Gasteiger partial charge in [-0.3, -0.25) is 9.36 Å². The van der Waals surface area contributed by atoms with E-state index in [1.807, 2.05) is 6.92 Å². The first kappa shape index (κ1) is 26.5. The van der Waals surface area contributed by atoms with E-state index in [0.29, 0.717) is 35.8 Å². The molecule has 5 rings (SSSR count). The fourth-order valence-corrected chi connectivity index (χ4v) is 9.22. The molecule has 1 aliphatic heterocycles. The number of hydrogen-bond donors (Lipinski definition) is 0. The Labute approximate surface area is 222 Å². The van der Waals surface area contributed by atoms with Crippen LogP contribution in [0.25, 0.3) is 0 Å². The molecule has 3 aliphatic rings. The van der Waals surface area contributed by atoms with Crippen molar-refractivity contribution < 1.29 is 22.3 Å². The Hall–Kier alpha value is -2.14. The molecule has 1 saturated heterocycles. The highest BCUT2D eigenvalue weighted by molar-refractivity contribution is 7.99. The van der Waals surface area contributed by atoms with Crippen LogP contribution in [0.3, 0.4) is 0 Å². The van der Waals surface area contributed by atoms with Crippen LogP contribution in [0.1, 0.15) is 57.8 Å². The van der Waals surface area contributed by atoms with E-state index >= 15 is 0 Å². The summed E-state index contributed by atoms with van der Waals surface area (Å²) < 4.78 is 45.9. The van der Waals surface area contributed by atoms with E-state index in [9.17, 15) is 17.6 Å². The molecular formula is C26H35FN4O4S2. The number of thioether (sulfide) groups is 1. The highest BCUT2D eigenvalue weighted by Crippen LogP contribution is 2.52. The molecule has 2 heterocycles. The molecule has 1 aromatic heterocycles. The van der Waals surface area contributed by atoms with Crippen LogP contribution < -0.4 is 4.74 Å². The van der Waals surface area contributed by atoms with Crippen molar-refractivity contribution in [1.82, 2.24) is 19.7 Å². The number of benzene rings is 1. The predicted molar refractivity (Wildman–Crippen MR) is 140 cm³/mol. The van der Waals surface area contributed by atoms with Gasteiger partial charge >= 0.3 is 0 Å². The van der Waals surface area contributed by atoms with Gasteiger partial charge in [0.05, 0.1) is 17.3 Å². The molecule has 2 saturated carbocycles. The largest absolute Gasteiger partial charge is 0.483 e. The van der Waals surface area contributed by atoms with Gasteiger partial charge < -0.3 is 9.64 Å². The number of para-hydroxylation sites is 1. The summed E-state index contributed by atoms with van der Waals surface area (Å²) in [6.45, 7) is 4.62. The van der Waals surface area contributed by atoms with Gasteiger partial charge in [0.2, 0.25) is 5.91 Å². The lowest BCUT2D eigenvalue weighted by Gasteiger charge is -2.30. The van der Waals surface area contributed by atoms with Crippen LogP contribution in [0.2, 0.25) is 0 Å². The van der Waals surface area contributed by atoms with E-state index < -0.39 is 15.7 Å². The number of carbonyl (C=O) groups is 1. The molecule has 0 N–H and O–H groups in total. The number of ether oxygens (including phenoxy) is 1. The summed E-state index contributed by atoms with van der Waals surface area (Å²) in [5.74, 6) is 2.55. The molecule has 2 bridgehead atoms. The van der Waals surface area contributed by atoms with Crippen LogP contribution in [0.4, 0.5) is 4.39 Å². The zero-order chi connectivity index (χ0) is 26.2. The Kier molecular flexibility index (Phi) is 7.81. The van der Waals surface area contributed by atoms with Gasteiger partial charge in [0, 0.05) is 18.6 Å². The number of carbonyl (C=O) groups excluding carboxylic acids is 1. The fraction of sp³-hybridized carbons (Fsp3) is 0.654. The SMILES string of the molecule is CCN(C(=O)CSc1nnc(COc2ccccc2F)n1[C@H](C)[C@@H]1C[C@H]2CC[C@H]1C2)[C@@H]1CCS(=O)(=O)C1. The fourth-order valence-electron chi connectivity index (χ4n) is 6.56. The summed E-state index contributed by atoms with van der Waals surface area (Å²) in [6, 6.07) is 6.16. The molecule has 1 amide bonds. The number of hydrogen-bond acceptors (Lipinski definition) is 7. The molecule has 3 fully saturated rings. The monoisotopic (exact) mass is 550 g/mol. The van der Waals surface area contributed by atoms with Crippen LogP contribution in [0, 0.1) is 23.6 Å². The maximum Gasteiger partial charge on any atom is 0.233 e. The van der Waals surface area contributed by atoms with Crippen molar-refractivity contribution in [3.63, 3.8) is 0 Å². The lowest BCUT2D eigenvalue weighted by molar-refractivity contribution is -0.129. The number of rotatable bonds is 10. The molecular weight excluding hydrogens is 515 g/mol. The normalized spacial score (nSPS) is 26.9. The summed E-state index contributed by atoms with van der Waals surface area (Å²) in [6.07, 6.45) is 5.50. The van der Waals surface area contributed by atoms with Crippen molar-refractivity contribution in [2.45, 2.75) is 69.8 Å². The third kappa shape index (κ3) is 5.67. The average molecular weight is 551 g/mol. The summed E-state index contributed by atoms with van der Waals surface area (Å²) >= 11 is 1.33. The second-order valence-electron chi connectivity index (χ2n) is 10.6. The van der Waals surface area contributed by atoms with E-state index in [4.69, 9.17) is 4.74 Å². The average Bonchev–Trinajstić information content (AvgIpc) is 3.66. The van der Waals surface area contributed by atoms with Gasteiger partial charge in [-0.2, -0.15) is 0 Å². The third-order valence-electron chi connectivity index (χ3n) is 8.38. The smallest absolute Gasteiger partial charge is 0.233 e. The van der Waals surface area contributed by atoms with Gasteiger partial charge in [-0.05, 0) is 69.4 Å². The van der Waals surface area contributed by atoms with Crippen molar-refractivity contribution >= 4 is 27.5 Å². The lowest BCUT2D eigenvalue weighted by atomic mass is 9.84. The standard InChI is InChI=1S/C26H35FN4O4S2/c1-3-30(20-10-11-37(33,34)16-20)25(32)15-36-26-29-28-24(14-35-23-7-5-4-6-22(23)27)31(26)17(2)21-13-18-8-9-19(21)12-18/h4-7,17-21H,3,8-16H2,1-2H3/t17-,18+,19+,20-,21+/m1/s1. The maximum absolute atomic E-state index is 14.1. The lowest BCUT2D eigenvalue weighted by Crippen LogP contribution is -2.42. The zero-order valence-electron chi connectivity index (χ0n) is 21.4. The maximum atomic E-state index is 14.1. The summed E-state index contributed by atoms with van der Waals surface area (Å²) in [7, 11) is -3.08. The van der Waals surface area contributed by atoms with Crippen molar-refractivity contribution in [2.75, 3.05) is 23.8 Å². The second kappa shape index (κ2) is 10.9. The molecule has 0 radical (unpaired) electrons. The minimum absolute atomic E-state index is 0.0340. The Bertz CT molecular complexity index is 1240. The molecule has 2 aliphatic carbocycles. The number of sulfone groups is 1. The molecule has 202 valence electrons. The Morgan fingerprint density at radius 3 is 2.70 bits per heavy atom. The van der Waals surface area contributed by atoms with Gasteiger partial charge in [0.1, 0.15) is 6.61 Å². The van der Waals surface area contributed by atoms with Crippen LogP contribution in [-0.4, -0.2) is 63.8 Å². The summed E-state index contributed by atoms with van der Waals surface area (Å²) in [4.78, 5) is 14.8. The van der Waals surface area contributed by atoms with Crippen LogP contribution in [0.5, 0.6) is 5.75 Å². The molecule has 2 aromatic rings. The van der Waals surface area contributed by atoms with Gasteiger partial charge in [0.15, 0.2) is 32.4 Å². The number of halogens is 1. The first-order valence-corrected chi connectivity index (χ1v) is 16.0. The minimum atomic E-state index is -3.08. The molecule has 0 spiro atoms. The Balaban J connectivity index is 1.33. The number of aromatic nitrogens is 3. The second-order valence-corrected chi connectivity index (χ2v) is 13.8. The molecule has 8 nitrogen and oxygen atoms in total. The van der Waals surface area contributed by atoms with Crippen molar-refractivity contribution in [3.8, 4) is 5.75 Å². The van der Waals surface area contributed by atoms with Gasteiger partial charge in [-0.25, -0.2) is 12.8 Å². The van der Waals surface area contributed by atoms with Gasteiger partial charge in [0.25, 0.3) is 0 Å². The van der Waals surface area contributed by atoms with E-state index in [2.05, 4.69) is 21.7 Å². The third-order valence-corrected chi connectivity index (χ3v) is 11.1. The predicted octanol–water partition coefficient (Wildman–Crippen LogP) is 4.12. The van der Waals surface area contributed by atoms with E-state index in [-0.39, 0.29) is 47.6 Å². The number of nitrogens with zero attached hydrogens (tertiary/aromatic N) is 4. The molecule has 1 aromatic carbocycles. The summed E-state index contributed by atoms with van der Waals surface area (Å²) in [5, 5.41) is 9.46. The van der Waals surface area contributed by atoms with Crippen molar-refractivity contribution in [3.05, 3.63) is 35.9 Å². The van der Waals surface area contributed by atoms with E-state index in [0.717, 1.165) is 5.92 Å². The summed E-state index contributed by atoms with van der Waals surface area (Å²) in [5.41, 5.74) is 0. The molecule has 11 heteroatoms. The quantitative estimate of drug-likeness (QED) is 0.411. The van der Waals surface area contributed by atoms with E-state index in [1.165, 1.54) is 43.5 Å².